The number of nitrogens with zero attached hydrogens (tertiary/aromatic N) is 4. The van der Waals surface area contributed by atoms with Gasteiger partial charge in [0.1, 0.15) is 24.2 Å². The van der Waals surface area contributed by atoms with Gasteiger partial charge in [0, 0.05) is 25.1 Å². The zero-order chi connectivity index (χ0) is 16.4. The Bertz CT molecular complexity index is 697. The van der Waals surface area contributed by atoms with Crippen LogP contribution in [-0.4, -0.2) is 57.2 Å². The van der Waals surface area contributed by atoms with Crippen molar-refractivity contribution in [2.24, 2.45) is 0 Å². The molecule has 0 unspecified atom stereocenters. The van der Waals surface area contributed by atoms with E-state index in [0.29, 0.717) is 24.7 Å². The van der Waals surface area contributed by atoms with Gasteiger partial charge in [-0.2, -0.15) is 0 Å². The van der Waals surface area contributed by atoms with Gasteiger partial charge in [-0.1, -0.05) is 6.07 Å². The van der Waals surface area contributed by atoms with Crippen LogP contribution in [0, 0.1) is 0 Å². The summed E-state index contributed by atoms with van der Waals surface area (Å²) in [7, 11) is 0. The molecule has 2 aliphatic heterocycles. The van der Waals surface area contributed by atoms with Gasteiger partial charge in [0.25, 0.3) is 5.91 Å². The molecular weight excluding hydrogens is 308 g/mol. The van der Waals surface area contributed by atoms with Gasteiger partial charge >= 0.3 is 0 Å². The molecule has 2 aromatic heterocycles. The lowest BCUT2D eigenvalue weighted by atomic mass is 10.0. The molecule has 0 saturated carbocycles. The standard InChI is InChI=1S/C17H18N4O3/c22-17(12-6-8-18-11-20-12)21-10-14(16-13(21)4-3-9-23-16)24-15-5-1-2-7-19-15/h1-2,5-8,11,13-14,16H,3-4,9-10H2/t13-,14+,16+/m0/s1. The molecule has 0 spiro atoms. The Morgan fingerprint density at radius 2 is 2.21 bits per heavy atom. The number of carbonyl (C=O) groups excluding carboxylic acids is 1. The Labute approximate surface area is 139 Å². The molecule has 7 nitrogen and oxygen atoms in total. The zero-order valence-electron chi connectivity index (χ0n) is 13.1. The van der Waals surface area contributed by atoms with E-state index < -0.39 is 0 Å². The molecular formula is C17H18N4O3. The molecule has 2 fully saturated rings. The summed E-state index contributed by atoms with van der Waals surface area (Å²) in [6.07, 6.45) is 6.14. The second kappa shape index (κ2) is 6.52. The fourth-order valence-corrected chi connectivity index (χ4v) is 3.38. The largest absolute Gasteiger partial charge is 0.470 e. The van der Waals surface area contributed by atoms with E-state index in [1.807, 2.05) is 23.1 Å². The van der Waals surface area contributed by atoms with Crippen LogP contribution >= 0.6 is 0 Å². The number of ether oxygens (including phenoxy) is 2. The van der Waals surface area contributed by atoms with Crippen LogP contribution in [0.15, 0.2) is 43.0 Å². The molecule has 2 aliphatic rings. The summed E-state index contributed by atoms with van der Waals surface area (Å²) in [6.45, 7) is 1.16. The van der Waals surface area contributed by atoms with Gasteiger partial charge in [-0.3, -0.25) is 4.79 Å². The van der Waals surface area contributed by atoms with E-state index in [-0.39, 0.29) is 24.2 Å². The highest BCUT2D eigenvalue weighted by Crippen LogP contribution is 2.32. The van der Waals surface area contributed by atoms with Crippen LogP contribution in [0.5, 0.6) is 5.88 Å². The summed E-state index contributed by atoms with van der Waals surface area (Å²) < 4.78 is 11.9. The van der Waals surface area contributed by atoms with Crippen LogP contribution in [0.1, 0.15) is 23.3 Å². The fraction of sp³-hybridized carbons (Fsp3) is 0.412. The van der Waals surface area contributed by atoms with Gasteiger partial charge in [-0.05, 0) is 25.0 Å². The van der Waals surface area contributed by atoms with E-state index >= 15 is 0 Å². The average molecular weight is 326 g/mol. The molecule has 24 heavy (non-hydrogen) atoms. The molecule has 0 aliphatic carbocycles. The van der Waals surface area contributed by atoms with Gasteiger partial charge in [-0.15, -0.1) is 0 Å². The van der Waals surface area contributed by atoms with Gasteiger partial charge in [0.15, 0.2) is 0 Å². The van der Waals surface area contributed by atoms with Crippen molar-refractivity contribution < 1.29 is 14.3 Å². The molecule has 4 heterocycles. The number of hydrogen-bond acceptors (Lipinski definition) is 6. The van der Waals surface area contributed by atoms with E-state index in [9.17, 15) is 4.79 Å². The number of pyridine rings is 1. The van der Waals surface area contributed by atoms with Gasteiger partial charge in [0.05, 0.1) is 12.6 Å². The minimum Gasteiger partial charge on any atom is -0.470 e. The third kappa shape index (κ3) is 2.82. The fourth-order valence-electron chi connectivity index (χ4n) is 3.38. The smallest absolute Gasteiger partial charge is 0.273 e. The minimum atomic E-state index is -0.226. The van der Waals surface area contributed by atoms with Crippen molar-refractivity contribution >= 4 is 5.91 Å². The predicted octanol–water partition coefficient (Wildman–Crippen LogP) is 1.32. The highest BCUT2D eigenvalue weighted by Gasteiger charge is 2.47. The highest BCUT2D eigenvalue weighted by atomic mass is 16.5. The number of carbonyl (C=O) groups is 1. The van der Waals surface area contributed by atoms with Crippen LogP contribution in [0.3, 0.4) is 0 Å². The maximum absolute atomic E-state index is 12.8. The van der Waals surface area contributed by atoms with Crippen LogP contribution in [0.4, 0.5) is 0 Å². The molecule has 3 atom stereocenters. The first-order valence-electron chi connectivity index (χ1n) is 8.09. The van der Waals surface area contributed by atoms with Crippen molar-refractivity contribution in [1.82, 2.24) is 19.9 Å². The van der Waals surface area contributed by atoms with Crippen molar-refractivity contribution in [3.63, 3.8) is 0 Å². The Kier molecular flexibility index (Phi) is 4.08. The first-order valence-corrected chi connectivity index (χ1v) is 8.09. The maximum Gasteiger partial charge on any atom is 0.273 e. The highest BCUT2D eigenvalue weighted by molar-refractivity contribution is 5.92. The first kappa shape index (κ1) is 15.0. The molecule has 124 valence electrons. The SMILES string of the molecule is O=C(c1ccncn1)N1C[C@@H](Oc2ccccn2)[C@@H]2OCCC[C@@H]21. The van der Waals surface area contributed by atoms with E-state index in [0.717, 1.165) is 12.8 Å². The topological polar surface area (TPSA) is 77.4 Å². The Balaban J connectivity index is 1.56. The number of aromatic nitrogens is 3. The van der Waals surface area contributed by atoms with Gasteiger partial charge < -0.3 is 14.4 Å². The van der Waals surface area contributed by atoms with E-state index in [2.05, 4.69) is 15.0 Å². The van der Waals surface area contributed by atoms with Gasteiger partial charge in [-0.25, -0.2) is 15.0 Å². The van der Waals surface area contributed by atoms with Gasteiger partial charge in [0.2, 0.25) is 5.88 Å². The Hall–Kier alpha value is -2.54. The van der Waals surface area contributed by atoms with Crippen molar-refractivity contribution in [2.45, 2.75) is 31.1 Å². The lowest BCUT2D eigenvalue weighted by Crippen LogP contribution is -2.44. The summed E-state index contributed by atoms with van der Waals surface area (Å²) in [5, 5.41) is 0. The molecule has 0 N–H and O–H groups in total. The predicted molar refractivity (Wildman–Crippen MR) is 84.5 cm³/mol. The molecule has 1 amide bonds. The van der Waals surface area contributed by atoms with Crippen molar-refractivity contribution in [2.75, 3.05) is 13.2 Å². The number of amides is 1. The zero-order valence-corrected chi connectivity index (χ0v) is 13.1. The monoisotopic (exact) mass is 326 g/mol. The van der Waals surface area contributed by atoms with E-state index in [1.54, 1.807) is 18.5 Å². The summed E-state index contributed by atoms with van der Waals surface area (Å²) in [6, 6.07) is 7.17. The van der Waals surface area contributed by atoms with Crippen molar-refractivity contribution in [1.29, 1.82) is 0 Å². The summed E-state index contributed by atoms with van der Waals surface area (Å²) >= 11 is 0. The number of hydrogen-bond donors (Lipinski definition) is 0. The molecule has 0 radical (unpaired) electrons. The van der Waals surface area contributed by atoms with Crippen LogP contribution in [-0.2, 0) is 4.74 Å². The maximum atomic E-state index is 12.8. The second-order valence-corrected chi connectivity index (χ2v) is 5.92. The Morgan fingerprint density at radius 1 is 1.25 bits per heavy atom. The number of likely N-dealkylation sites (tertiary alicyclic amines) is 1. The third-order valence-electron chi connectivity index (χ3n) is 4.45. The van der Waals surface area contributed by atoms with Crippen LogP contribution in [0.2, 0.25) is 0 Å². The number of rotatable bonds is 3. The summed E-state index contributed by atoms with van der Waals surface area (Å²) in [5.74, 6) is 0.441. The van der Waals surface area contributed by atoms with Crippen LogP contribution < -0.4 is 4.74 Å². The summed E-state index contributed by atoms with van der Waals surface area (Å²) in [4.78, 5) is 26.8. The average Bonchev–Trinajstić information content (AvgIpc) is 3.01. The molecule has 2 saturated heterocycles. The minimum absolute atomic E-state index is 0.00919. The quantitative estimate of drug-likeness (QED) is 0.847. The molecule has 4 rings (SSSR count). The lowest BCUT2D eigenvalue weighted by Gasteiger charge is -2.31. The molecule has 2 aromatic rings. The third-order valence-corrected chi connectivity index (χ3v) is 4.45. The Morgan fingerprint density at radius 3 is 3.00 bits per heavy atom. The van der Waals surface area contributed by atoms with E-state index in [4.69, 9.17) is 9.47 Å². The lowest BCUT2D eigenvalue weighted by molar-refractivity contribution is -0.0455. The second-order valence-electron chi connectivity index (χ2n) is 5.92. The normalized spacial score (nSPS) is 26.0. The van der Waals surface area contributed by atoms with Crippen LogP contribution in [0.25, 0.3) is 0 Å². The summed E-state index contributed by atoms with van der Waals surface area (Å²) in [5.41, 5.74) is 0.396. The first-order chi connectivity index (χ1) is 11.8. The number of fused-ring (bicyclic) bond motifs is 1. The molecule has 0 bridgehead atoms. The van der Waals surface area contributed by atoms with Crippen molar-refractivity contribution in [3.8, 4) is 5.88 Å². The van der Waals surface area contributed by atoms with Crippen molar-refractivity contribution in [3.05, 3.63) is 48.7 Å². The molecule has 7 heteroatoms. The van der Waals surface area contributed by atoms with E-state index in [1.165, 1.54) is 6.33 Å². The molecule has 0 aromatic carbocycles.